The second kappa shape index (κ2) is 6.85. The zero-order valence-electron chi connectivity index (χ0n) is 12.4. The molecule has 2 heterocycles. The molecule has 0 aliphatic carbocycles. The van der Waals surface area contributed by atoms with Gasteiger partial charge in [0.2, 0.25) is 0 Å². The van der Waals surface area contributed by atoms with Crippen LogP contribution in [0.2, 0.25) is 0 Å². The predicted molar refractivity (Wildman–Crippen MR) is 78.8 cm³/mol. The molecule has 1 aliphatic rings. The molecule has 1 aliphatic heterocycles. The third-order valence-corrected chi connectivity index (χ3v) is 3.86. The van der Waals surface area contributed by atoms with E-state index in [1.54, 1.807) is 0 Å². The Hall–Kier alpha value is -1.40. The maximum Gasteiger partial charge on any atom is 0.127 e. The molecule has 0 amide bonds. The van der Waals surface area contributed by atoms with Gasteiger partial charge in [0.25, 0.3) is 0 Å². The van der Waals surface area contributed by atoms with Crippen LogP contribution in [0, 0.1) is 5.41 Å². The number of nitrogens with two attached hydrogens (primary N) is 1. The maximum atomic E-state index is 7.48. The van der Waals surface area contributed by atoms with Crippen molar-refractivity contribution in [1.29, 1.82) is 5.41 Å². The van der Waals surface area contributed by atoms with Crippen molar-refractivity contribution in [3.05, 3.63) is 18.0 Å². The minimum Gasteiger partial charge on any atom is -0.385 e. The van der Waals surface area contributed by atoms with Crippen LogP contribution in [-0.2, 0) is 11.3 Å². The first-order valence-electron chi connectivity index (χ1n) is 7.35. The Morgan fingerprint density at radius 1 is 1.55 bits per heavy atom. The Bertz CT molecular complexity index is 441. The predicted octanol–water partition coefficient (Wildman–Crippen LogP) is 1.38. The Morgan fingerprint density at radius 3 is 2.95 bits per heavy atom. The second-order valence-corrected chi connectivity index (χ2v) is 5.31. The van der Waals surface area contributed by atoms with Crippen molar-refractivity contribution in [2.75, 3.05) is 19.7 Å². The molecule has 2 rings (SSSR count). The van der Waals surface area contributed by atoms with Gasteiger partial charge in [-0.3, -0.25) is 15.0 Å². The van der Waals surface area contributed by atoms with Crippen LogP contribution in [0.1, 0.15) is 38.4 Å². The number of hydrogen-bond acceptors (Lipinski definition) is 4. The lowest BCUT2D eigenvalue weighted by Gasteiger charge is -2.31. The summed E-state index contributed by atoms with van der Waals surface area (Å²) in [5.74, 6) is 0.109. The van der Waals surface area contributed by atoms with Gasteiger partial charge >= 0.3 is 0 Å². The highest BCUT2D eigenvalue weighted by Crippen LogP contribution is 2.16. The van der Waals surface area contributed by atoms with Crippen LogP contribution >= 0.6 is 0 Å². The molecule has 3 N–H and O–H groups in total. The summed E-state index contributed by atoms with van der Waals surface area (Å²) in [5, 5.41) is 12.1. The van der Waals surface area contributed by atoms with Gasteiger partial charge in [0.1, 0.15) is 11.9 Å². The lowest BCUT2D eigenvalue weighted by molar-refractivity contribution is 0.00183. The van der Waals surface area contributed by atoms with E-state index in [4.69, 9.17) is 15.9 Å². The summed E-state index contributed by atoms with van der Waals surface area (Å²) in [6, 6.07) is 2.56. The SMILES string of the molecule is CCC(CC)n1ccc(CN2CCOC(C(=N)N)C2)n1. The topological polar surface area (TPSA) is 80.2 Å². The van der Waals surface area contributed by atoms with Crippen molar-refractivity contribution in [3.63, 3.8) is 0 Å². The number of amidine groups is 1. The smallest absolute Gasteiger partial charge is 0.127 e. The second-order valence-electron chi connectivity index (χ2n) is 5.31. The molecule has 1 saturated heterocycles. The van der Waals surface area contributed by atoms with Crippen molar-refractivity contribution in [2.45, 2.75) is 45.4 Å². The highest BCUT2D eigenvalue weighted by Gasteiger charge is 2.23. The van der Waals surface area contributed by atoms with Crippen molar-refractivity contribution in [3.8, 4) is 0 Å². The fourth-order valence-electron chi connectivity index (χ4n) is 2.59. The quantitative estimate of drug-likeness (QED) is 0.609. The number of ether oxygens (including phenoxy) is 1. The number of nitrogens with one attached hydrogen (secondary N) is 1. The molecule has 0 radical (unpaired) electrons. The Morgan fingerprint density at radius 2 is 2.30 bits per heavy atom. The summed E-state index contributed by atoms with van der Waals surface area (Å²) in [4.78, 5) is 2.25. The van der Waals surface area contributed by atoms with E-state index >= 15 is 0 Å². The fourth-order valence-corrected chi connectivity index (χ4v) is 2.59. The van der Waals surface area contributed by atoms with Gasteiger partial charge in [0, 0.05) is 25.8 Å². The lowest BCUT2D eigenvalue weighted by atomic mass is 10.2. The van der Waals surface area contributed by atoms with Gasteiger partial charge in [-0.1, -0.05) is 13.8 Å². The van der Waals surface area contributed by atoms with Crippen molar-refractivity contribution < 1.29 is 4.74 Å². The first kappa shape index (κ1) is 15.0. The van der Waals surface area contributed by atoms with Gasteiger partial charge in [-0.15, -0.1) is 0 Å². The molecular formula is C14H25N5O. The van der Waals surface area contributed by atoms with E-state index in [0.717, 1.165) is 31.6 Å². The number of rotatable bonds is 6. The van der Waals surface area contributed by atoms with Gasteiger partial charge < -0.3 is 10.5 Å². The summed E-state index contributed by atoms with van der Waals surface area (Å²) in [6.07, 6.45) is 3.99. The van der Waals surface area contributed by atoms with E-state index in [0.29, 0.717) is 19.2 Å². The third-order valence-electron chi connectivity index (χ3n) is 3.86. The first-order valence-corrected chi connectivity index (χ1v) is 7.35. The monoisotopic (exact) mass is 279 g/mol. The van der Waals surface area contributed by atoms with Crippen LogP contribution < -0.4 is 5.73 Å². The number of nitrogens with zero attached hydrogens (tertiary/aromatic N) is 3. The van der Waals surface area contributed by atoms with Gasteiger partial charge in [0.15, 0.2) is 0 Å². The normalized spacial score (nSPS) is 20.4. The summed E-state index contributed by atoms with van der Waals surface area (Å²) in [6.45, 7) is 7.33. The van der Waals surface area contributed by atoms with E-state index in [-0.39, 0.29) is 11.9 Å². The lowest BCUT2D eigenvalue weighted by Crippen LogP contribution is -2.47. The van der Waals surface area contributed by atoms with E-state index < -0.39 is 0 Å². The molecule has 0 aromatic carbocycles. The minimum absolute atomic E-state index is 0.109. The molecule has 1 aromatic heterocycles. The van der Waals surface area contributed by atoms with Crippen LogP contribution in [0.4, 0.5) is 0 Å². The largest absolute Gasteiger partial charge is 0.385 e. The van der Waals surface area contributed by atoms with Crippen LogP contribution in [-0.4, -0.2) is 46.3 Å². The standard InChI is InChI=1S/C14H25N5O/c1-3-12(4-2)19-6-5-11(17-19)9-18-7-8-20-13(10-18)14(15)16/h5-6,12-13H,3-4,7-10H2,1-2H3,(H3,15,16). The molecular weight excluding hydrogens is 254 g/mol. The van der Waals surface area contributed by atoms with Crippen LogP contribution in [0.15, 0.2) is 12.3 Å². The molecule has 6 nitrogen and oxygen atoms in total. The highest BCUT2D eigenvalue weighted by molar-refractivity contribution is 5.82. The van der Waals surface area contributed by atoms with E-state index in [2.05, 4.69) is 40.8 Å². The van der Waals surface area contributed by atoms with E-state index in [9.17, 15) is 0 Å². The molecule has 0 saturated carbocycles. The maximum absolute atomic E-state index is 7.48. The van der Waals surface area contributed by atoms with E-state index in [1.165, 1.54) is 0 Å². The Balaban J connectivity index is 1.94. The zero-order valence-corrected chi connectivity index (χ0v) is 12.4. The number of morpholine rings is 1. The highest BCUT2D eigenvalue weighted by atomic mass is 16.5. The minimum atomic E-state index is -0.273. The molecule has 0 bridgehead atoms. The Kier molecular flexibility index (Phi) is 5.14. The first-order chi connectivity index (χ1) is 9.63. The van der Waals surface area contributed by atoms with Crippen molar-refractivity contribution >= 4 is 5.84 Å². The van der Waals surface area contributed by atoms with Crippen molar-refractivity contribution in [1.82, 2.24) is 14.7 Å². The Labute approximate surface area is 120 Å². The van der Waals surface area contributed by atoms with Gasteiger partial charge in [0.05, 0.1) is 18.3 Å². The van der Waals surface area contributed by atoms with Crippen LogP contribution in [0.25, 0.3) is 0 Å². The summed E-state index contributed by atoms with van der Waals surface area (Å²) in [5.41, 5.74) is 6.59. The molecule has 1 aromatic rings. The van der Waals surface area contributed by atoms with Gasteiger partial charge in [-0.2, -0.15) is 5.10 Å². The van der Waals surface area contributed by atoms with Gasteiger partial charge in [-0.25, -0.2) is 0 Å². The molecule has 1 unspecified atom stereocenters. The average Bonchev–Trinajstić information content (AvgIpc) is 2.89. The molecule has 1 fully saturated rings. The van der Waals surface area contributed by atoms with Crippen molar-refractivity contribution in [2.24, 2.45) is 5.73 Å². The molecule has 6 heteroatoms. The molecule has 112 valence electrons. The molecule has 1 atom stereocenters. The summed E-state index contributed by atoms with van der Waals surface area (Å²) < 4.78 is 7.54. The summed E-state index contributed by atoms with van der Waals surface area (Å²) >= 11 is 0. The van der Waals surface area contributed by atoms with Gasteiger partial charge in [-0.05, 0) is 18.9 Å². The number of hydrogen-bond donors (Lipinski definition) is 2. The third kappa shape index (κ3) is 3.58. The number of aromatic nitrogens is 2. The average molecular weight is 279 g/mol. The van der Waals surface area contributed by atoms with E-state index in [1.807, 2.05) is 0 Å². The fraction of sp³-hybridized carbons (Fsp3) is 0.714. The van der Waals surface area contributed by atoms with Crippen LogP contribution in [0.3, 0.4) is 0 Å². The summed E-state index contributed by atoms with van der Waals surface area (Å²) in [7, 11) is 0. The van der Waals surface area contributed by atoms with Crippen LogP contribution in [0.5, 0.6) is 0 Å². The molecule has 20 heavy (non-hydrogen) atoms. The molecule has 0 spiro atoms. The zero-order chi connectivity index (χ0) is 14.5.